The smallest absolute Gasteiger partial charge is 0.0523 e. The van der Waals surface area contributed by atoms with Crippen molar-refractivity contribution in [3.63, 3.8) is 0 Å². The lowest BCUT2D eigenvalue weighted by molar-refractivity contribution is 0.842. The Hall–Kier alpha value is -0.800. The molecule has 0 aliphatic heterocycles. The minimum Gasteiger partial charge on any atom is -0.367 e. The summed E-state index contributed by atoms with van der Waals surface area (Å²) < 4.78 is 1.18. The molecule has 1 nitrogen and oxygen atoms in total. The highest BCUT2D eigenvalue weighted by Gasteiger charge is 2.06. The summed E-state index contributed by atoms with van der Waals surface area (Å²) in [5.41, 5.74) is 2.62. The fourth-order valence-electron chi connectivity index (χ4n) is 1.84. The third kappa shape index (κ3) is 3.33. The van der Waals surface area contributed by atoms with Crippen LogP contribution in [0.2, 0.25) is 0 Å². The van der Waals surface area contributed by atoms with Crippen LogP contribution < -0.4 is 4.90 Å². The van der Waals surface area contributed by atoms with Crippen molar-refractivity contribution in [3.05, 3.63) is 50.6 Å². The molecule has 0 radical (unpaired) electrons. The number of rotatable bonds is 4. The minimum atomic E-state index is 0.982. The van der Waals surface area contributed by atoms with Gasteiger partial charge in [0.1, 0.15) is 0 Å². The quantitative estimate of drug-likeness (QED) is 0.780. The molecule has 1 heterocycles. The fraction of sp³-hybridized carbons (Fsp3) is 0.286. The van der Waals surface area contributed by atoms with E-state index < -0.39 is 0 Å². The Morgan fingerprint density at radius 1 is 1.29 bits per heavy atom. The van der Waals surface area contributed by atoms with Gasteiger partial charge < -0.3 is 4.90 Å². The molecule has 2 aromatic rings. The van der Waals surface area contributed by atoms with Crippen molar-refractivity contribution in [1.82, 2.24) is 0 Å². The molecule has 0 saturated carbocycles. The second kappa shape index (κ2) is 5.69. The van der Waals surface area contributed by atoms with Gasteiger partial charge in [-0.25, -0.2) is 0 Å². The number of nitrogens with zero attached hydrogens (tertiary/aromatic N) is 1. The average Bonchev–Trinajstić information content (AvgIpc) is 2.72. The zero-order valence-electron chi connectivity index (χ0n) is 10.1. The van der Waals surface area contributed by atoms with Gasteiger partial charge in [0.25, 0.3) is 0 Å². The van der Waals surface area contributed by atoms with Gasteiger partial charge in [-0.2, -0.15) is 0 Å². The summed E-state index contributed by atoms with van der Waals surface area (Å²) in [5.74, 6) is 0. The monoisotopic (exact) mass is 309 g/mol. The van der Waals surface area contributed by atoms with Crippen molar-refractivity contribution in [2.75, 3.05) is 11.4 Å². The average molecular weight is 310 g/mol. The van der Waals surface area contributed by atoms with Crippen molar-refractivity contribution in [1.29, 1.82) is 0 Å². The molecule has 17 heavy (non-hydrogen) atoms. The Kier molecular flexibility index (Phi) is 4.24. The lowest BCUT2D eigenvalue weighted by atomic mass is 10.2. The zero-order chi connectivity index (χ0) is 12.3. The van der Waals surface area contributed by atoms with E-state index in [-0.39, 0.29) is 0 Å². The van der Waals surface area contributed by atoms with E-state index in [1.807, 2.05) is 0 Å². The lowest BCUT2D eigenvalue weighted by Gasteiger charge is -2.22. The van der Waals surface area contributed by atoms with Gasteiger partial charge in [0.15, 0.2) is 0 Å². The fourth-order valence-corrected chi connectivity index (χ4v) is 3.30. The van der Waals surface area contributed by atoms with E-state index in [0.717, 1.165) is 13.1 Å². The third-order valence-corrected chi connectivity index (χ3v) is 4.40. The maximum Gasteiger partial charge on any atom is 0.0523 e. The Morgan fingerprint density at radius 2 is 2.12 bits per heavy atom. The Balaban J connectivity index is 2.16. The Morgan fingerprint density at radius 3 is 2.71 bits per heavy atom. The van der Waals surface area contributed by atoms with Crippen molar-refractivity contribution in [2.45, 2.75) is 20.4 Å². The number of benzene rings is 1. The minimum absolute atomic E-state index is 0.982. The standard InChI is InChI=1S/C14H16BrNS/c1-3-16(9-14-8-12(15)10-17-14)13-6-4-5-11(2)7-13/h4-8,10H,3,9H2,1-2H3. The first-order chi connectivity index (χ1) is 8.19. The molecule has 1 aromatic carbocycles. The molecule has 2 rings (SSSR count). The van der Waals surface area contributed by atoms with E-state index in [1.165, 1.54) is 20.6 Å². The number of anilines is 1. The molecule has 1 aromatic heterocycles. The van der Waals surface area contributed by atoms with E-state index in [9.17, 15) is 0 Å². The van der Waals surface area contributed by atoms with Crippen LogP contribution in [-0.4, -0.2) is 6.54 Å². The van der Waals surface area contributed by atoms with E-state index in [4.69, 9.17) is 0 Å². The number of hydrogen-bond donors (Lipinski definition) is 0. The van der Waals surface area contributed by atoms with Gasteiger partial charge in [0.05, 0.1) is 6.54 Å². The van der Waals surface area contributed by atoms with Crippen LogP contribution >= 0.6 is 27.3 Å². The SMILES string of the molecule is CCN(Cc1cc(Br)cs1)c1cccc(C)c1. The van der Waals surface area contributed by atoms with Crippen LogP contribution in [0.3, 0.4) is 0 Å². The summed E-state index contributed by atoms with van der Waals surface area (Å²) in [4.78, 5) is 3.78. The van der Waals surface area contributed by atoms with Gasteiger partial charge in [-0.1, -0.05) is 12.1 Å². The van der Waals surface area contributed by atoms with E-state index in [0.29, 0.717) is 0 Å². The summed E-state index contributed by atoms with van der Waals surface area (Å²) in [6.45, 7) is 6.35. The van der Waals surface area contributed by atoms with Crippen molar-refractivity contribution in [2.24, 2.45) is 0 Å². The van der Waals surface area contributed by atoms with Crippen LogP contribution in [-0.2, 0) is 6.54 Å². The molecule has 3 heteroatoms. The van der Waals surface area contributed by atoms with E-state index >= 15 is 0 Å². The highest BCUT2D eigenvalue weighted by molar-refractivity contribution is 9.10. The van der Waals surface area contributed by atoms with Gasteiger partial charge in [-0.3, -0.25) is 0 Å². The van der Waals surface area contributed by atoms with Gasteiger partial charge >= 0.3 is 0 Å². The lowest BCUT2D eigenvalue weighted by Crippen LogP contribution is -2.21. The number of aryl methyl sites for hydroxylation is 1. The highest BCUT2D eigenvalue weighted by atomic mass is 79.9. The van der Waals surface area contributed by atoms with Crippen LogP contribution in [0.5, 0.6) is 0 Å². The molecule has 0 aliphatic rings. The molecular formula is C14H16BrNS. The summed E-state index contributed by atoms with van der Waals surface area (Å²) in [6.07, 6.45) is 0. The highest BCUT2D eigenvalue weighted by Crippen LogP contribution is 2.24. The molecule has 0 spiro atoms. The second-order valence-electron chi connectivity index (χ2n) is 4.08. The van der Waals surface area contributed by atoms with Gasteiger partial charge in [0.2, 0.25) is 0 Å². The molecule has 0 amide bonds. The first kappa shape index (κ1) is 12.7. The summed E-state index contributed by atoms with van der Waals surface area (Å²) in [5, 5.41) is 2.14. The van der Waals surface area contributed by atoms with Crippen molar-refractivity contribution < 1.29 is 0 Å². The zero-order valence-corrected chi connectivity index (χ0v) is 12.5. The van der Waals surface area contributed by atoms with E-state index in [1.54, 1.807) is 11.3 Å². The second-order valence-corrected chi connectivity index (χ2v) is 6.00. The summed E-state index contributed by atoms with van der Waals surface area (Å²) in [6, 6.07) is 10.9. The van der Waals surface area contributed by atoms with Crippen LogP contribution in [0.25, 0.3) is 0 Å². The third-order valence-electron chi connectivity index (χ3n) is 2.72. The maximum atomic E-state index is 3.50. The summed E-state index contributed by atoms with van der Waals surface area (Å²) >= 11 is 5.31. The molecule has 0 N–H and O–H groups in total. The number of thiophene rings is 1. The van der Waals surface area contributed by atoms with Gasteiger partial charge in [0, 0.05) is 27.0 Å². The van der Waals surface area contributed by atoms with Crippen molar-refractivity contribution >= 4 is 33.0 Å². The molecule has 0 fully saturated rings. The molecule has 90 valence electrons. The molecule has 0 saturated heterocycles. The normalized spacial score (nSPS) is 10.5. The van der Waals surface area contributed by atoms with E-state index in [2.05, 4.69) is 70.4 Å². The topological polar surface area (TPSA) is 3.24 Å². The van der Waals surface area contributed by atoms with Crippen LogP contribution in [0.4, 0.5) is 5.69 Å². The first-order valence-corrected chi connectivity index (χ1v) is 7.41. The predicted molar refractivity (Wildman–Crippen MR) is 79.9 cm³/mol. The van der Waals surface area contributed by atoms with Gasteiger partial charge in [-0.05, 0) is 53.5 Å². The largest absolute Gasteiger partial charge is 0.367 e. The molecule has 0 aliphatic carbocycles. The Labute approximate surface area is 115 Å². The molecule has 0 unspecified atom stereocenters. The van der Waals surface area contributed by atoms with Crippen LogP contribution in [0.15, 0.2) is 40.2 Å². The van der Waals surface area contributed by atoms with Crippen LogP contribution in [0.1, 0.15) is 17.4 Å². The predicted octanol–water partition coefficient (Wildman–Crippen LogP) is 4.85. The van der Waals surface area contributed by atoms with Crippen molar-refractivity contribution in [3.8, 4) is 0 Å². The number of halogens is 1. The number of hydrogen-bond acceptors (Lipinski definition) is 2. The molecule has 0 bridgehead atoms. The van der Waals surface area contributed by atoms with Gasteiger partial charge in [-0.15, -0.1) is 11.3 Å². The molecule has 0 atom stereocenters. The first-order valence-electron chi connectivity index (χ1n) is 5.73. The van der Waals surface area contributed by atoms with Crippen LogP contribution in [0, 0.1) is 6.92 Å². The maximum absolute atomic E-state index is 3.50. The summed E-state index contributed by atoms with van der Waals surface area (Å²) in [7, 11) is 0. The Bertz CT molecular complexity index is 492. The molecular weight excluding hydrogens is 294 g/mol.